The monoisotopic (exact) mass is 515 g/mol. The van der Waals surface area contributed by atoms with Gasteiger partial charge in [-0.1, -0.05) is 25.0 Å². The number of nitrogens with one attached hydrogen (secondary N) is 3. The van der Waals surface area contributed by atoms with Crippen molar-refractivity contribution >= 4 is 41.8 Å². The third-order valence-electron chi connectivity index (χ3n) is 5.22. The lowest BCUT2D eigenvalue weighted by atomic mass is 9.84. The van der Waals surface area contributed by atoms with Gasteiger partial charge in [0.15, 0.2) is 5.96 Å². The molecule has 0 saturated heterocycles. The predicted molar refractivity (Wildman–Crippen MR) is 128 cm³/mol. The number of hydrogen-bond acceptors (Lipinski definition) is 3. The second-order valence-electron chi connectivity index (χ2n) is 7.53. The molecule has 1 aromatic rings. The third kappa shape index (κ3) is 6.87. The van der Waals surface area contributed by atoms with E-state index in [4.69, 9.17) is 0 Å². The molecule has 0 spiro atoms. The van der Waals surface area contributed by atoms with Crippen LogP contribution in [-0.2, 0) is 11.3 Å². The van der Waals surface area contributed by atoms with Crippen LogP contribution in [0.25, 0.3) is 0 Å². The number of benzene rings is 1. The number of amides is 2. The van der Waals surface area contributed by atoms with E-state index in [2.05, 4.69) is 20.9 Å². The van der Waals surface area contributed by atoms with E-state index in [1.165, 1.54) is 0 Å². The minimum absolute atomic E-state index is 0. The zero-order chi connectivity index (χ0) is 20.6. The van der Waals surface area contributed by atoms with E-state index in [0.717, 1.165) is 31.2 Å². The second kappa shape index (κ2) is 12.0. The average Bonchev–Trinajstić information content (AvgIpc) is 3.18. The molecule has 2 rings (SSSR count). The molecule has 0 heterocycles. The largest absolute Gasteiger partial charge is 0.355 e. The number of rotatable bonds is 7. The fraction of sp³-hybridized carbons (Fsp3) is 0.571. The quantitative estimate of drug-likeness (QED) is 0.296. The molecule has 1 aromatic carbocycles. The Morgan fingerprint density at radius 3 is 2.41 bits per heavy atom. The van der Waals surface area contributed by atoms with Crippen LogP contribution in [0, 0.1) is 5.41 Å². The van der Waals surface area contributed by atoms with Crippen LogP contribution in [0.4, 0.5) is 0 Å². The van der Waals surface area contributed by atoms with Gasteiger partial charge in [0, 0.05) is 46.3 Å². The van der Waals surface area contributed by atoms with Crippen LogP contribution >= 0.6 is 24.0 Å². The number of hydrogen-bond donors (Lipinski definition) is 3. The molecule has 7 nitrogen and oxygen atoms in total. The van der Waals surface area contributed by atoms with Gasteiger partial charge in [0.1, 0.15) is 0 Å². The SMILES string of the molecule is CCNC(=O)c1cccc(CNC(=NC)NCC2(C(=O)N(C)C)CCCC2)c1.I. The Labute approximate surface area is 191 Å². The van der Waals surface area contributed by atoms with Crippen LogP contribution in [0.2, 0.25) is 0 Å². The summed E-state index contributed by atoms with van der Waals surface area (Å²) in [5, 5.41) is 9.41. The van der Waals surface area contributed by atoms with E-state index in [0.29, 0.717) is 31.2 Å². The molecule has 0 aromatic heterocycles. The summed E-state index contributed by atoms with van der Waals surface area (Å²) in [6.45, 7) is 3.62. The highest BCUT2D eigenvalue weighted by molar-refractivity contribution is 14.0. The summed E-state index contributed by atoms with van der Waals surface area (Å²) in [7, 11) is 5.35. The molecular formula is C21H34IN5O2. The minimum atomic E-state index is -0.348. The summed E-state index contributed by atoms with van der Waals surface area (Å²) >= 11 is 0. The normalized spacial score (nSPS) is 15.2. The maximum Gasteiger partial charge on any atom is 0.251 e. The maximum absolute atomic E-state index is 12.7. The van der Waals surface area contributed by atoms with Crippen LogP contribution in [-0.4, -0.2) is 56.9 Å². The second-order valence-corrected chi connectivity index (χ2v) is 7.53. The van der Waals surface area contributed by atoms with Gasteiger partial charge in [0.25, 0.3) is 5.91 Å². The summed E-state index contributed by atoms with van der Waals surface area (Å²) in [4.78, 5) is 30.6. The van der Waals surface area contributed by atoms with E-state index >= 15 is 0 Å². The van der Waals surface area contributed by atoms with Crippen molar-refractivity contribution in [2.45, 2.75) is 39.2 Å². The van der Waals surface area contributed by atoms with Gasteiger partial charge in [-0.05, 0) is 37.5 Å². The van der Waals surface area contributed by atoms with E-state index in [-0.39, 0.29) is 41.2 Å². The Balaban J connectivity index is 0.00000420. The van der Waals surface area contributed by atoms with E-state index in [1.807, 2.05) is 39.2 Å². The van der Waals surface area contributed by atoms with Crippen LogP contribution in [0.5, 0.6) is 0 Å². The summed E-state index contributed by atoms with van der Waals surface area (Å²) in [6.07, 6.45) is 3.98. The first-order valence-electron chi connectivity index (χ1n) is 9.95. The standard InChI is InChI=1S/C21H33N5O2.HI/c1-5-23-18(27)17-10-8-9-16(13-17)14-24-20(22-2)25-15-21(11-6-7-12-21)19(28)26(3)4;/h8-10,13H,5-7,11-12,14-15H2,1-4H3,(H,23,27)(H2,22,24,25);1H. The highest BCUT2D eigenvalue weighted by Crippen LogP contribution is 2.38. The average molecular weight is 515 g/mol. The summed E-state index contributed by atoms with van der Waals surface area (Å²) in [5.74, 6) is 0.765. The topological polar surface area (TPSA) is 85.8 Å². The highest BCUT2D eigenvalue weighted by atomic mass is 127. The van der Waals surface area contributed by atoms with Crippen molar-refractivity contribution in [3.8, 4) is 0 Å². The van der Waals surface area contributed by atoms with Crippen molar-refractivity contribution in [3.63, 3.8) is 0 Å². The molecule has 0 aliphatic heterocycles. The zero-order valence-corrected chi connectivity index (χ0v) is 20.2. The van der Waals surface area contributed by atoms with Gasteiger partial charge in [0.05, 0.1) is 5.41 Å². The first-order chi connectivity index (χ1) is 13.4. The summed E-state index contributed by atoms with van der Waals surface area (Å²) in [5.41, 5.74) is 1.29. The van der Waals surface area contributed by atoms with Gasteiger partial charge >= 0.3 is 0 Å². The van der Waals surface area contributed by atoms with Crippen molar-refractivity contribution in [2.24, 2.45) is 10.4 Å². The summed E-state index contributed by atoms with van der Waals surface area (Å²) in [6, 6.07) is 7.52. The van der Waals surface area contributed by atoms with E-state index < -0.39 is 0 Å². The first-order valence-corrected chi connectivity index (χ1v) is 9.95. The van der Waals surface area contributed by atoms with Crippen LogP contribution < -0.4 is 16.0 Å². The molecule has 3 N–H and O–H groups in total. The van der Waals surface area contributed by atoms with Gasteiger partial charge in [-0.25, -0.2) is 0 Å². The van der Waals surface area contributed by atoms with Crippen molar-refractivity contribution in [3.05, 3.63) is 35.4 Å². The van der Waals surface area contributed by atoms with Crippen molar-refractivity contribution < 1.29 is 9.59 Å². The Morgan fingerprint density at radius 2 is 1.83 bits per heavy atom. The van der Waals surface area contributed by atoms with Crippen LogP contribution in [0.15, 0.2) is 29.3 Å². The predicted octanol–water partition coefficient (Wildman–Crippen LogP) is 2.37. The Kier molecular flexibility index (Phi) is 10.4. The fourth-order valence-corrected chi connectivity index (χ4v) is 3.74. The number of aliphatic imine (C=N–C) groups is 1. The van der Waals surface area contributed by atoms with E-state index in [9.17, 15) is 9.59 Å². The lowest BCUT2D eigenvalue weighted by Crippen LogP contribution is -2.49. The van der Waals surface area contributed by atoms with Gasteiger partial charge in [-0.3, -0.25) is 14.6 Å². The van der Waals surface area contributed by atoms with Gasteiger partial charge in [-0.2, -0.15) is 0 Å². The maximum atomic E-state index is 12.7. The van der Waals surface area contributed by atoms with Crippen molar-refractivity contribution in [1.29, 1.82) is 0 Å². The molecule has 29 heavy (non-hydrogen) atoms. The van der Waals surface area contributed by atoms with Crippen molar-refractivity contribution in [1.82, 2.24) is 20.9 Å². The number of carbonyl (C=O) groups excluding carboxylic acids is 2. The Hall–Kier alpha value is -1.84. The number of guanidine groups is 1. The molecule has 0 bridgehead atoms. The number of halogens is 1. The summed E-state index contributed by atoms with van der Waals surface area (Å²) < 4.78 is 0. The number of nitrogens with zero attached hydrogens (tertiary/aromatic N) is 2. The van der Waals surface area contributed by atoms with Crippen LogP contribution in [0.3, 0.4) is 0 Å². The fourth-order valence-electron chi connectivity index (χ4n) is 3.74. The molecule has 1 aliphatic rings. The highest BCUT2D eigenvalue weighted by Gasteiger charge is 2.42. The Bertz CT molecular complexity index is 715. The third-order valence-corrected chi connectivity index (χ3v) is 5.22. The first kappa shape index (κ1) is 25.2. The number of carbonyl (C=O) groups is 2. The smallest absolute Gasteiger partial charge is 0.251 e. The lowest BCUT2D eigenvalue weighted by Gasteiger charge is -2.31. The Morgan fingerprint density at radius 1 is 1.14 bits per heavy atom. The molecule has 8 heteroatoms. The van der Waals surface area contributed by atoms with Gasteiger partial charge in [-0.15, -0.1) is 24.0 Å². The molecule has 162 valence electrons. The molecule has 0 atom stereocenters. The molecule has 0 radical (unpaired) electrons. The molecule has 0 unspecified atom stereocenters. The van der Waals surface area contributed by atoms with Crippen LogP contribution in [0.1, 0.15) is 48.5 Å². The van der Waals surface area contributed by atoms with Gasteiger partial charge in [0.2, 0.25) is 5.91 Å². The van der Waals surface area contributed by atoms with Crippen molar-refractivity contribution in [2.75, 3.05) is 34.2 Å². The molecular weight excluding hydrogens is 481 g/mol. The molecule has 1 fully saturated rings. The van der Waals surface area contributed by atoms with E-state index in [1.54, 1.807) is 18.0 Å². The zero-order valence-electron chi connectivity index (χ0n) is 17.9. The molecule has 1 aliphatic carbocycles. The minimum Gasteiger partial charge on any atom is -0.355 e. The van der Waals surface area contributed by atoms with Gasteiger partial charge < -0.3 is 20.9 Å². The molecule has 1 saturated carbocycles. The lowest BCUT2D eigenvalue weighted by molar-refractivity contribution is -0.138. The molecule has 2 amide bonds.